The van der Waals surface area contributed by atoms with Crippen LogP contribution in [0.15, 0.2) is 23.2 Å². The van der Waals surface area contributed by atoms with Crippen molar-refractivity contribution >= 4 is 29.9 Å². The molecule has 7 nitrogen and oxygen atoms in total. The molecule has 2 aliphatic rings. The fourth-order valence-corrected chi connectivity index (χ4v) is 4.50. The smallest absolute Gasteiger partial charge is 0.191 e. The minimum Gasteiger partial charge on any atom is -0.493 e. The van der Waals surface area contributed by atoms with Gasteiger partial charge in [-0.2, -0.15) is 0 Å². The molecule has 2 fully saturated rings. The van der Waals surface area contributed by atoms with Crippen LogP contribution in [-0.4, -0.2) is 70.0 Å². The number of halogens is 1. The Labute approximate surface area is 210 Å². The van der Waals surface area contributed by atoms with Crippen molar-refractivity contribution in [3.8, 4) is 11.5 Å². The number of ether oxygens (including phenoxy) is 3. The Morgan fingerprint density at radius 1 is 1.12 bits per heavy atom. The van der Waals surface area contributed by atoms with Crippen molar-refractivity contribution in [2.24, 2.45) is 4.99 Å². The van der Waals surface area contributed by atoms with Gasteiger partial charge in [0.2, 0.25) is 0 Å². The Morgan fingerprint density at radius 2 is 1.94 bits per heavy atom. The Balaban J connectivity index is 0.00000363. The van der Waals surface area contributed by atoms with Crippen molar-refractivity contribution in [2.75, 3.05) is 47.0 Å². The lowest BCUT2D eigenvalue weighted by Crippen LogP contribution is -2.45. The summed E-state index contributed by atoms with van der Waals surface area (Å²) in [5, 5.41) is 6.92. The average molecular weight is 561 g/mol. The largest absolute Gasteiger partial charge is 0.493 e. The van der Waals surface area contributed by atoms with Gasteiger partial charge in [0.05, 0.1) is 26.4 Å². The number of likely N-dealkylation sites (tertiary alicyclic amines) is 1. The maximum atomic E-state index is 6.36. The van der Waals surface area contributed by atoms with Gasteiger partial charge >= 0.3 is 0 Å². The zero-order valence-electron chi connectivity index (χ0n) is 19.9. The van der Waals surface area contributed by atoms with Gasteiger partial charge in [-0.05, 0) is 58.1 Å². The van der Waals surface area contributed by atoms with Crippen molar-refractivity contribution in [1.29, 1.82) is 0 Å². The molecule has 1 unspecified atom stereocenters. The average Bonchev–Trinajstić information content (AvgIpc) is 3.46. The minimum atomic E-state index is 0. The molecular weight excluding hydrogens is 519 g/mol. The summed E-state index contributed by atoms with van der Waals surface area (Å²) in [5.41, 5.74) is 1.06. The summed E-state index contributed by atoms with van der Waals surface area (Å²) >= 11 is 0. The first-order valence-corrected chi connectivity index (χ1v) is 11.8. The lowest BCUT2D eigenvalue weighted by Gasteiger charge is -2.25. The van der Waals surface area contributed by atoms with Crippen LogP contribution in [-0.2, 0) is 11.3 Å². The molecule has 0 bridgehead atoms. The molecule has 32 heavy (non-hydrogen) atoms. The van der Waals surface area contributed by atoms with Gasteiger partial charge in [0.25, 0.3) is 0 Å². The van der Waals surface area contributed by atoms with Gasteiger partial charge in [-0.3, -0.25) is 4.90 Å². The van der Waals surface area contributed by atoms with E-state index in [0.717, 1.165) is 68.6 Å². The van der Waals surface area contributed by atoms with Crippen LogP contribution in [0.2, 0.25) is 0 Å². The van der Waals surface area contributed by atoms with E-state index in [1.165, 1.54) is 25.7 Å². The number of rotatable bonds is 11. The number of nitrogens with one attached hydrogen (secondary N) is 2. The predicted molar refractivity (Wildman–Crippen MR) is 141 cm³/mol. The van der Waals surface area contributed by atoms with E-state index in [1.54, 1.807) is 14.2 Å². The van der Waals surface area contributed by atoms with Crippen LogP contribution in [0.3, 0.4) is 0 Å². The zero-order chi connectivity index (χ0) is 21.9. The van der Waals surface area contributed by atoms with Crippen molar-refractivity contribution < 1.29 is 14.2 Å². The molecule has 0 amide bonds. The highest BCUT2D eigenvalue weighted by Gasteiger charge is 2.24. The van der Waals surface area contributed by atoms with Crippen LogP contribution in [0, 0.1) is 0 Å². The molecule has 1 heterocycles. The van der Waals surface area contributed by atoms with Crippen LogP contribution < -0.4 is 20.1 Å². The second-order valence-electron chi connectivity index (χ2n) is 8.37. The first-order chi connectivity index (χ1) is 15.2. The molecule has 1 aliphatic heterocycles. The first-order valence-electron chi connectivity index (χ1n) is 11.8. The normalized spacial score (nSPS) is 19.6. The molecule has 182 valence electrons. The monoisotopic (exact) mass is 560 g/mol. The first kappa shape index (κ1) is 27.0. The van der Waals surface area contributed by atoms with Crippen LogP contribution in [0.25, 0.3) is 0 Å². The van der Waals surface area contributed by atoms with Gasteiger partial charge in [-0.25, -0.2) is 4.99 Å². The Kier molecular flexibility index (Phi) is 12.5. The molecule has 1 aromatic rings. The summed E-state index contributed by atoms with van der Waals surface area (Å²) in [6.45, 7) is 7.28. The highest BCUT2D eigenvalue weighted by Crippen LogP contribution is 2.35. The number of benzene rings is 1. The van der Waals surface area contributed by atoms with Crippen LogP contribution in [0.4, 0.5) is 0 Å². The molecule has 0 radical (unpaired) electrons. The molecular formula is C24H41IN4O3. The second-order valence-corrected chi connectivity index (χ2v) is 8.37. The summed E-state index contributed by atoms with van der Waals surface area (Å²) in [4.78, 5) is 7.37. The molecule has 1 aromatic carbocycles. The predicted octanol–water partition coefficient (Wildman–Crippen LogP) is 3.80. The van der Waals surface area contributed by atoms with E-state index >= 15 is 0 Å². The van der Waals surface area contributed by atoms with E-state index < -0.39 is 0 Å². The van der Waals surface area contributed by atoms with Crippen molar-refractivity contribution in [1.82, 2.24) is 15.5 Å². The van der Waals surface area contributed by atoms with E-state index in [1.807, 2.05) is 12.1 Å². The maximum absolute atomic E-state index is 6.36. The Bertz CT molecular complexity index is 698. The number of para-hydroxylation sites is 1. The number of methoxy groups -OCH3 is 2. The van der Waals surface area contributed by atoms with Gasteiger partial charge in [-0.1, -0.05) is 12.1 Å². The third-order valence-electron chi connectivity index (χ3n) is 6.21. The molecule has 8 heteroatoms. The van der Waals surface area contributed by atoms with E-state index in [0.29, 0.717) is 12.6 Å². The Morgan fingerprint density at radius 3 is 2.66 bits per heavy atom. The van der Waals surface area contributed by atoms with Crippen LogP contribution in [0.5, 0.6) is 11.5 Å². The highest BCUT2D eigenvalue weighted by atomic mass is 127. The third kappa shape index (κ3) is 7.95. The lowest BCUT2D eigenvalue weighted by molar-refractivity contribution is 0.141. The summed E-state index contributed by atoms with van der Waals surface area (Å²) in [6.07, 6.45) is 7.46. The van der Waals surface area contributed by atoms with Gasteiger partial charge in [0.15, 0.2) is 17.5 Å². The molecule has 1 aliphatic carbocycles. The van der Waals surface area contributed by atoms with Crippen molar-refractivity contribution in [3.63, 3.8) is 0 Å². The summed E-state index contributed by atoms with van der Waals surface area (Å²) < 4.78 is 17.2. The Hall–Kier alpha value is -1.26. The molecule has 0 aromatic heterocycles. The minimum absolute atomic E-state index is 0. The van der Waals surface area contributed by atoms with Gasteiger partial charge in [0.1, 0.15) is 0 Å². The molecule has 0 spiro atoms. The number of aliphatic imine (C=N–C) groups is 1. The van der Waals surface area contributed by atoms with E-state index in [9.17, 15) is 0 Å². The topological polar surface area (TPSA) is 67.4 Å². The van der Waals surface area contributed by atoms with Gasteiger partial charge < -0.3 is 24.8 Å². The third-order valence-corrected chi connectivity index (χ3v) is 6.21. The fourth-order valence-electron chi connectivity index (χ4n) is 4.50. The highest BCUT2D eigenvalue weighted by molar-refractivity contribution is 14.0. The quantitative estimate of drug-likeness (QED) is 0.244. The summed E-state index contributed by atoms with van der Waals surface area (Å²) in [6, 6.07) is 6.59. The van der Waals surface area contributed by atoms with Gasteiger partial charge in [0, 0.05) is 38.3 Å². The molecule has 2 N–H and O–H groups in total. The molecule has 3 rings (SSSR count). The zero-order valence-corrected chi connectivity index (χ0v) is 22.2. The number of hydrogen-bond acceptors (Lipinski definition) is 5. The lowest BCUT2D eigenvalue weighted by atomic mass is 10.1. The SMILES string of the molecule is CCNC(=NCc1cccc(OC)c1OC1CCCC1)NCC1CCCN1CCOC.I. The van der Waals surface area contributed by atoms with Crippen molar-refractivity contribution in [2.45, 2.75) is 64.1 Å². The standard InChI is InChI=1S/C24H40N4O3.HI/c1-4-25-24(27-18-20-10-8-14-28(20)15-16-29-2)26-17-19-9-7-13-22(30-3)23(19)31-21-11-5-6-12-21;/h7,9,13,20-21H,4-6,8,10-12,14-18H2,1-3H3,(H2,25,26,27);1H. The molecule has 1 atom stereocenters. The van der Waals surface area contributed by atoms with Crippen molar-refractivity contribution in [3.05, 3.63) is 23.8 Å². The number of guanidine groups is 1. The summed E-state index contributed by atoms with van der Waals surface area (Å²) in [5.74, 6) is 2.48. The maximum Gasteiger partial charge on any atom is 0.191 e. The van der Waals surface area contributed by atoms with E-state index in [4.69, 9.17) is 19.2 Å². The number of hydrogen-bond donors (Lipinski definition) is 2. The molecule has 1 saturated carbocycles. The van der Waals surface area contributed by atoms with Crippen LogP contribution >= 0.6 is 24.0 Å². The van der Waals surface area contributed by atoms with E-state index in [2.05, 4.69) is 28.5 Å². The fraction of sp³-hybridized carbons (Fsp3) is 0.708. The van der Waals surface area contributed by atoms with Crippen LogP contribution in [0.1, 0.15) is 51.0 Å². The number of nitrogens with zero attached hydrogens (tertiary/aromatic N) is 2. The van der Waals surface area contributed by atoms with E-state index in [-0.39, 0.29) is 30.1 Å². The summed E-state index contributed by atoms with van der Waals surface area (Å²) in [7, 11) is 3.47. The molecule has 1 saturated heterocycles. The second kappa shape index (κ2) is 14.8. The van der Waals surface area contributed by atoms with Gasteiger partial charge in [-0.15, -0.1) is 24.0 Å².